The molecule has 0 aliphatic carbocycles. The second-order valence-corrected chi connectivity index (χ2v) is 4.80. The van der Waals surface area contributed by atoms with E-state index in [0.29, 0.717) is 11.5 Å². The Morgan fingerprint density at radius 2 is 1.86 bits per heavy atom. The Morgan fingerprint density at radius 3 is 2.64 bits per heavy atom. The van der Waals surface area contributed by atoms with Crippen molar-refractivity contribution in [3.8, 4) is 11.5 Å². The lowest BCUT2D eigenvalue weighted by Gasteiger charge is -2.07. The predicted molar refractivity (Wildman–Crippen MR) is 84.0 cm³/mol. The van der Waals surface area contributed by atoms with E-state index < -0.39 is 0 Å². The molecule has 3 rings (SSSR count). The maximum Gasteiger partial charge on any atom is 0.180 e. The summed E-state index contributed by atoms with van der Waals surface area (Å²) in [7, 11) is 3.24. The van der Waals surface area contributed by atoms with Crippen molar-refractivity contribution < 1.29 is 9.47 Å². The molecule has 6 nitrogen and oxygen atoms in total. The highest BCUT2D eigenvalue weighted by molar-refractivity contribution is 5.70. The van der Waals surface area contributed by atoms with E-state index in [1.165, 1.54) is 0 Å². The molecular formula is C16H16N4O2. The quantitative estimate of drug-likeness (QED) is 0.740. The molecule has 2 heterocycles. The van der Waals surface area contributed by atoms with Crippen molar-refractivity contribution in [3.05, 3.63) is 47.4 Å². The minimum atomic E-state index is 0.697. The third kappa shape index (κ3) is 2.63. The number of ether oxygens (including phenoxy) is 2. The van der Waals surface area contributed by atoms with Crippen LogP contribution in [0.4, 0.5) is 0 Å². The fourth-order valence-electron chi connectivity index (χ4n) is 2.22. The SMILES string of the molecule is COc1ccc(/C=C/c2cc(C)c3nncn3n2)cc1OC. The lowest BCUT2D eigenvalue weighted by atomic mass is 10.1. The number of nitrogens with zero attached hydrogens (tertiary/aromatic N) is 4. The van der Waals surface area contributed by atoms with E-state index in [0.717, 1.165) is 22.5 Å². The number of methoxy groups -OCH3 is 2. The number of hydrogen-bond acceptors (Lipinski definition) is 5. The smallest absolute Gasteiger partial charge is 0.180 e. The third-order valence-electron chi connectivity index (χ3n) is 3.32. The maximum atomic E-state index is 5.30. The topological polar surface area (TPSA) is 61.5 Å². The molecule has 0 fully saturated rings. The molecule has 0 saturated heterocycles. The van der Waals surface area contributed by atoms with Gasteiger partial charge < -0.3 is 9.47 Å². The van der Waals surface area contributed by atoms with Gasteiger partial charge in [-0.15, -0.1) is 10.2 Å². The Labute approximate surface area is 128 Å². The van der Waals surface area contributed by atoms with E-state index in [1.807, 2.05) is 43.3 Å². The van der Waals surface area contributed by atoms with Gasteiger partial charge in [0.2, 0.25) is 0 Å². The van der Waals surface area contributed by atoms with Gasteiger partial charge in [0, 0.05) is 0 Å². The van der Waals surface area contributed by atoms with Crippen LogP contribution in [0.15, 0.2) is 30.6 Å². The second kappa shape index (κ2) is 5.85. The van der Waals surface area contributed by atoms with Crippen molar-refractivity contribution in [3.63, 3.8) is 0 Å². The number of hydrogen-bond donors (Lipinski definition) is 0. The number of fused-ring (bicyclic) bond motifs is 1. The van der Waals surface area contributed by atoms with Crippen LogP contribution in [0.3, 0.4) is 0 Å². The molecule has 6 heteroatoms. The monoisotopic (exact) mass is 296 g/mol. The van der Waals surface area contributed by atoms with Gasteiger partial charge >= 0.3 is 0 Å². The summed E-state index contributed by atoms with van der Waals surface area (Å²) in [6, 6.07) is 7.73. The fraction of sp³-hybridized carbons (Fsp3) is 0.188. The van der Waals surface area contributed by atoms with Crippen molar-refractivity contribution in [2.75, 3.05) is 14.2 Å². The molecule has 0 aliphatic heterocycles. The van der Waals surface area contributed by atoms with Crippen LogP contribution in [-0.2, 0) is 0 Å². The minimum Gasteiger partial charge on any atom is -0.493 e. The fourth-order valence-corrected chi connectivity index (χ4v) is 2.22. The molecule has 3 aromatic rings. The molecule has 22 heavy (non-hydrogen) atoms. The van der Waals surface area contributed by atoms with Gasteiger partial charge in [-0.05, 0) is 42.3 Å². The van der Waals surface area contributed by atoms with E-state index in [9.17, 15) is 0 Å². The standard InChI is InChI=1S/C16H16N4O2/c1-11-8-13(19-20-10-17-18-16(11)20)6-4-12-5-7-14(21-2)15(9-12)22-3/h4-10H,1-3H3/b6-4+. The Bertz CT molecular complexity index is 839. The van der Waals surface area contributed by atoms with E-state index in [-0.39, 0.29) is 0 Å². The number of benzene rings is 1. The first-order chi connectivity index (χ1) is 10.7. The number of aryl methyl sites for hydroxylation is 1. The Morgan fingerprint density at radius 1 is 1.05 bits per heavy atom. The van der Waals surface area contributed by atoms with Crippen molar-refractivity contribution in [2.45, 2.75) is 6.92 Å². The zero-order valence-corrected chi connectivity index (χ0v) is 12.6. The molecule has 0 saturated carbocycles. The summed E-state index contributed by atoms with van der Waals surface area (Å²) in [6.07, 6.45) is 5.50. The van der Waals surface area contributed by atoms with Crippen LogP contribution >= 0.6 is 0 Å². The van der Waals surface area contributed by atoms with Crippen LogP contribution in [0.25, 0.3) is 17.8 Å². The molecule has 0 aliphatic rings. The summed E-state index contributed by atoms with van der Waals surface area (Å²) in [6.45, 7) is 1.99. The Hall–Kier alpha value is -2.89. The molecule has 0 spiro atoms. The lowest BCUT2D eigenvalue weighted by molar-refractivity contribution is 0.355. The van der Waals surface area contributed by atoms with Crippen LogP contribution in [0.1, 0.15) is 16.8 Å². The maximum absolute atomic E-state index is 5.30. The average Bonchev–Trinajstić information content (AvgIpc) is 3.01. The number of aromatic nitrogens is 4. The first kappa shape index (κ1) is 14.1. The van der Waals surface area contributed by atoms with E-state index >= 15 is 0 Å². The van der Waals surface area contributed by atoms with Crippen LogP contribution < -0.4 is 9.47 Å². The zero-order chi connectivity index (χ0) is 15.5. The average molecular weight is 296 g/mol. The first-order valence-corrected chi connectivity index (χ1v) is 6.79. The highest BCUT2D eigenvalue weighted by Gasteiger charge is 2.04. The summed E-state index contributed by atoms with van der Waals surface area (Å²) in [4.78, 5) is 0. The Kier molecular flexibility index (Phi) is 3.74. The third-order valence-corrected chi connectivity index (χ3v) is 3.32. The highest BCUT2D eigenvalue weighted by atomic mass is 16.5. The highest BCUT2D eigenvalue weighted by Crippen LogP contribution is 2.28. The summed E-state index contributed by atoms with van der Waals surface area (Å²) < 4.78 is 12.2. The summed E-state index contributed by atoms with van der Waals surface area (Å²) in [5.74, 6) is 1.41. The summed E-state index contributed by atoms with van der Waals surface area (Å²) >= 11 is 0. The number of rotatable bonds is 4. The van der Waals surface area contributed by atoms with Gasteiger partial charge in [0.05, 0.1) is 19.9 Å². The molecule has 0 bridgehead atoms. The van der Waals surface area contributed by atoms with Gasteiger partial charge in [0.25, 0.3) is 0 Å². The van der Waals surface area contributed by atoms with E-state index in [4.69, 9.17) is 9.47 Å². The van der Waals surface area contributed by atoms with Gasteiger partial charge in [0.1, 0.15) is 6.33 Å². The normalized spacial score (nSPS) is 11.2. The van der Waals surface area contributed by atoms with Crippen LogP contribution in [-0.4, -0.2) is 34.0 Å². The predicted octanol–water partition coefficient (Wildman–Crippen LogP) is 2.62. The van der Waals surface area contributed by atoms with E-state index in [2.05, 4.69) is 15.3 Å². The zero-order valence-electron chi connectivity index (χ0n) is 12.6. The van der Waals surface area contributed by atoms with Gasteiger partial charge in [-0.1, -0.05) is 12.1 Å². The molecule has 0 N–H and O–H groups in total. The van der Waals surface area contributed by atoms with Crippen molar-refractivity contribution in [1.82, 2.24) is 19.8 Å². The van der Waals surface area contributed by atoms with Gasteiger partial charge in [-0.2, -0.15) is 9.61 Å². The van der Waals surface area contributed by atoms with Crippen molar-refractivity contribution in [1.29, 1.82) is 0 Å². The molecule has 112 valence electrons. The first-order valence-electron chi connectivity index (χ1n) is 6.79. The summed E-state index contributed by atoms with van der Waals surface area (Å²) in [5, 5.41) is 12.3. The molecule has 0 radical (unpaired) electrons. The van der Waals surface area contributed by atoms with Crippen LogP contribution in [0.5, 0.6) is 11.5 Å². The van der Waals surface area contributed by atoms with Crippen LogP contribution in [0.2, 0.25) is 0 Å². The van der Waals surface area contributed by atoms with Crippen LogP contribution in [0, 0.1) is 6.92 Å². The molecule has 1 aromatic carbocycles. The summed E-state index contributed by atoms with van der Waals surface area (Å²) in [5.41, 5.74) is 3.63. The van der Waals surface area contributed by atoms with Crippen molar-refractivity contribution >= 4 is 17.8 Å². The largest absolute Gasteiger partial charge is 0.493 e. The van der Waals surface area contributed by atoms with Gasteiger partial charge in [-0.25, -0.2) is 0 Å². The van der Waals surface area contributed by atoms with Gasteiger partial charge in [0.15, 0.2) is 17.1 Å². The van der Waals surface area contributed by atoms with E-state index in [1.54, 1.807) is 25.1 Å². The molecule has 0 atom stereocenters. The minimum absolute atomic E-state index is 0.697. The Balaban J connectivity index is 1.92. The van der Waals surface area contributed by atoms with Crippen molar-refractivity contribution in [2.24, 2.45) is 0 Å². The lowest BCUT2D eigenvalue weighted by Crippen LogP contribution is -1.95. The molecule has 0 amide bonds. The van der Waals surface area contributed by atoms with Gasteiger partial charge in [-0.3, -0.25) is 0 Å². The molecule has 0 unspecified atom stereocenters. The molecule has 2 aromatic heterocycles. The molecular weight excluding hydrogens is 280 g/mol. The second-order valence-electron chi connectivity index (χ2n) is 4.80.